The van der Waals surface area contributed by atoms with Crippen LogP contribution < -0.4 is 9.64 Å². The van der Waals surface area contributed by atoms with Gasteiger partial charge in [0, 0.05) is 18.1 Å². The van der Waals surface area contributed by atoms with Gasteiger partial charge in [-0.05, 0) is 36.8 Å². The van der Waals surface area contributed by atoms with Crippen LogP contribution in [0.2, 0.25) is 5.02 Å². The van der Waals surface area contributed by atoms with E-state index < -0.39 is 0 Å². The second-order valence-corrected chi connectivity index (χ2v) is 6.24. The fraction of sp³-hybridized carbons (Fsp3) is 0.316. The van der Waals surface area contributed by atoms with E-state index in [1.807, 2.05) is 49.4 Å². The average Bonchev–Trinajstić information content (AvgIpc) is 2.63. The molecule has 0 aliphatic carbocycles. The molecule has 0 spiro atoms. The number of anilines is 1. The Morgan fingerprint density at radius 2 is 1.67 bits per heavy atom. The Labute approximate surface area is 148 Å². The number of benzene rings is 2. The zero-order chi connectivity index (χ0) is 16.9. The molecular formula is C19H22ClN3O. The predicted octanol–water partition coefficient (Wildman–Crippen LogP) is 3.89. The van der Waals surface area contributed by atoms with Crippen molar-refractivity contribution in [3.63, 3.8) is 0 Å². The number of hydrogen-bond donors (Lipinski definition) is 0. The van der Waals surface area contributed by atoms with Crippen molar-refractivity contribution in [1.82, 2.24) is 5.01 Å². The molecule has 1 saturated heterocycles. The number of methoxy groups -OCH3 is 1. The van der Waals surface area contributed by atoms with Crippen molar-refractivity contribution in [3.05, 3.63) is 59.1 Å². The van der Waals surface area contributed by atoms with Crippen molar-refractivity contribution in [1.29, 1.82) is 0 Å². The van der Waals surface area contributed by atoms with Gasteiger partial charge in [0.1, 0.15) is 5.75 Å². The molecule has 1 aliphatic rings. The van der Waals surface area contributed by atoms with Gasteiger partial charge >= 0.3 is 0 Å². The lowest BCUT2D eigenvalue weighted by molar-refractivity contribution is 0.269. The van der Waals surface area contributed by atoms with E-state index in [9.17, 15) is 0 Å². The minimum absolute atomic E-state index is 0.747. The minimum Gasteiger partial charge on any atom is -0.495 e. The maximum atomic E-state index is 5.94. The summed E-state index contributed by atoms with van der Waals surface area (Å²) in [4.78, 5) is 2.35. The summed E-state index contributed by atoms with van der Waals surface area (Å²) in [6.45, 7) is 5.68. The Kier molecular flexibility index (Phi) is 5.26. The molecule has 0 bridgehead atoms. The highest BCUT2D eigenvalue weighted by atomic mass is 35.5. The summed E-state index contributed by atoms with van der Waals surface area (Å²) in [6.07, 6.45) is 0. The minimum atomic E-state index is 0.747. The second kappa shape index (κ2) is 7.58. The van der Waals surface area contributed by atoms with Gasteiger partial charge in [-0.15, -0.1) is 0 Å². The Morgan fingerprint density at radius 1 is 1.00 bits per heavy atom. The van der Waals surface area contributed by atoms with Gasteiger partial charge in [0.25, 0.3) is 0 Å². The molecule has 2 aromatic rings. The summed E-state index contributed by atoms with van der Waals surface area (Å²) in [6, 6.07) is 16.0. The molecule has 5 heteroatoms. The Bertz CT molecular complexity index is 707. The molecule has 0 saturated carbocycles. The third-order valence-electron chi connectivity index (χ3n) is 4.24. The molecule has 1 heterocycles. The normalized spacial score (nSPS) is 15.5. The number of ether oxygens (including phenoxy) is 1. The Hall–Kier alpha value is -2.20. The van der Waals surface area contributed by atoms with Crippen LogP contribution in [0, 0.1) is 0 Å². The summed E-state index contributed by atoms with van der Waals surface area (Å²) in [5, 5.41) is 7.64. The molecular weight excluding hydrogens is 322 g/mol. The van der Waals surface area contributed by atoms with E-state index in [0.29, 0.717) is 0 Å². The third-order valence-corrected chi connectivity index (χ3v) is 4.49. The highest BCUT2D eigenvalue weighted by molar-refractivity contribution is 6.30. The zero-order valence-electron chi connectivity index (χ0n) is 14.1. The number of para-hydroxylation sites is 2. The SMILES string of the molecule is COc1ccccc1N1CCN(N=C(C)c2ccc(Cl)cc2)CC1. The van der Waals surface area contributed by atoms with E-state index in [2.05, 4.69) is 16.0 Å². The van der Waals surface area contributed by atoms with Crippen LogP contribution in [0.1, 0.15) is 12.5 Å². The standard InChI is InChI=1S/C19H22ClN3O/c1-15(16-7-9-17(20)10-8-16)21-23-13-11-22(12-14-23)18-5-3-4-6-19(18)24-2/h3-10H,11-14H2,1-2H3. The molecule has 126 valence electrons. The van der Waals surface area contributed by atoms with Crippen molar-refractivity contribution in [2.24, 2.45) is 5.10 Å². The van der Waals surface area contributed by atoms with Crippen LogP contribution in [-0.4, -0.2) is 44.0 Å². The summed E-state index contributed by atoms with van der Waals surface area (Å²) < 4.78 is 5.46. The lowest BCUT2D eigenvalue weighted by Gasteiger charge is -2.35. The van der Waals surface area contributed by atoms with Gasteiger partial charge in [-0.1, -0.05) is 35.9 Å². The van der Waals surface area contributed by atoms with E-state index in [1.165, 1.54) is 0 Å². The summed E-state index contributed by atoms with van der Waals surface area (Å²) >= 11 is 5.94. The number of rotatable bonds is 4. The lowest BCUT2D eigenvalue weighted by atomic mass is 10.1. The number of piperazine rings is 1. The summed E-state index contributed by atoms with van der Waals surface area (Å²) in [7, 11) is 1.72. The van der Waals surface area contributed by atoms with Crippen LogP contribution in [0.15, 0.2) is 53.6 Å². The van der Waals surface area contributed by atoms with Crippen molar-refractivity contribution in [2.45, 2.75) is 6.92 Å². The molecule has 0 N–H and O–H groups in total. The Balaban J connectivity index is 1.64. The molecule has 24 heavy (non-hydrogen) atoms. The first-order valence-electron chi connectivity index (χ1n) is 8.11. The van der Waals surface area contributed by atoms with Gasteiger partial charge in [0.05, 0.1) is 31.6 Å². The first-order chi connectivity index (χ1) is 11.7. The highest BCUT2D eigenvalue weighted by Crippen LogP contribution is 2.28. The van der Waals surface area contributed by atoms with Crippen molar-refractivity contribution in [2.75, 3.05) is 38.2 Å². The molecule has 4 nitrogen and oxygen atoms in total. The molecule has 0 atom stereocenters. The Morgan fingerprint density at radius 3 is 2.33 bits per heavy atom. The fourth-order valence-electron chi connectivity index (χ4n) is 2.89. The number of nitrogens with zero attached hydrogens (tertiary/aromatic N) is 3. The van der Waals surface area contributed by atoms with E-state index in [0.717, 1.165) is 53.9 Å². The molecule has 0 unspecified atom stereocenters. The topological polar surface area (TPSA) is 28.1 Å². The number of hydrazone groups is 1. The van der Waals surface area contributed by atoms with Gasteiger partial charge in [0.15, 0.2) is 0 Å². The lowest BCUT2D eigenvalue weighted by Crippen LogP contribution is -2.44. The van der Waals surface area contributed by atoms with Crippen molar-refractivity contribution in [3.8, 4) is 5.75 Å². The fourth-order valence-corrected chi connectivity index (χ4v) is 3.01. The summed E-state index contributed by atoms with van der Waals surface area (Å²) in [5.74, 6) is 0.923. The highest BCUT2D eigenvalue weighted by Gasteiger charge is 2.18. The maximum Gasteiger partial charge on any atom is 0.142 e. The van der Waals surface area contributed by atoms with Crippen molar-refractivity contribution < 1.29 is 4.74 Å². The third kappa shape index (κ3) is 3.82. The van der Waals surface area contributed by atoms with Gasteiger partial charge in [-0.2, -0.15) is 5.10 Å². The zero-order valence-corrected chi connectivity index (χ0v) is 14.8. The number of hydrogen-bond acceptors (Lipinski definition) is 4. The molecule has 1 fully saturated rings. The average molecular weight is 344 g/mol. The summed E-state index contributed by atoms with van der Waals surface area (Å²) in [5.41, 5.74) is 3.27. The smallest absolute Gasteiger partial charge is 0.142 e. The number of halogens is 1. The van der Waals surface area contributed by atoms with Gasteiger partial charge in [0.2, 0.25) is 0 Å². The first kappa shape index (κ1) is 16.7. The van der Waals surface area contributed by atoms with Crippen LogP contribution in [-0.2, 0) is 0 Å². The van der Waals surface area contributed by atoms with Crippen LogP contribution in [0.3, 0.4) is 0 Å². The van der Waals surface area contributed by atoms with Crippen LogP contribution in [0.5, 0.6) is 5.75 Å². The van der Waals surface area contributed by atoms with Crippen LogP contribution in [0.25, 0.3) is 0 Å². The second-order valence-electron chi connectivity index (χ2n) is 5.80. The molecule has 0 amide bonds. The quantitative estimate of drug-likeness (QED) is 0.788. The van der Waals surface area contributed by atoms with Crippen LogP contribution in [0.4, 0.5) is 5.69 Å². The molecule has 1 aliphatic heterocycles. The first-order valence-corrected chi connectivity index (χ1v) is 8.49. The van der Waals surface area contributed by atoms with E-state index in [-0.39, 0.29) is 0 Å². The predicted molar refractivity (Wildman–Crippen MR) is 100 cm³/mol. The van der Waals surface area contributed by atoms with E-state index >= 15 is 0 Å². The van der Waals surface area contributed by atoms with E-state index in [4.69, 9.17) is 21.4 Å². The van der Waals surface area contributed by atoms with E-state index in [1.54, 1.807) is 7.11 Å². The monoisotopic (exact) mass is 343 g/mol. The largest absolute Gasteiger partial charge is 0.495 e. The van der Waals surface area contributed by atoms with Gasteiger partial charge < -0.3 is 9.64 Å². The van der Waals surface area contributed by atoms with Gasteiger partial charge in [-0.25, -0.2) is 0 Å². The molecule has 0 radical (unpaired) electrons. The molecule has 3 rings (SSSR count). The molecule has 2 aromatic carbocycles. The maximum absolute atomic E-state index is 5.94. The van der Waals surface area contributed by atoms with Gasteiger partial charge in [-0.3, -0.25) is 5.01 Å². The van der Waals surface area contributed by atoms with Crippen LogP contribution >= 0.6 is 11.6 Å². The van der Waals surface area contributed by atoms with Crippen molar-refractivity contribution >= 4 is 23.0 Å². The molecule has 0 aromatic heterocycles.